The van der Waals surface area contributed by atoms with Gasteiger partial charge < -0.3 is 14.7 Å². The first-order valence-electron chi connectivity index (χ1n) is 8.89. The number of nitrogens with zero attached hydrogens (tertiary/aromatic N) is 3. The molecule has 0 bridgehead atoms. The zero-order chi connectivity index (χ0) is 20.4. The van der Waals surface area contributed by atoms with Crippen LogP contribution in [-0.4, -0.2) is 51.4 Å². The molecule has 1 aliphatic heterocycles. The number of aryl methyl sites for hydroxylation is 2. The fourth-order valence-electron chi connectivity index (χ4n) is 3.51. The summed E-state index contributed by atoms with van der Waals surface area (Å²) < 4.78 is 31.2. The van der Waals surface area contributed by atoms with E-state index in [0.717, 1.165) is 0 Å². The Balaban J connectivity index is 1.67. The Labute approximate surface area is 160 Å². The lowest BCUT2D eigenvalue weighted by Gasteiger charge is -2.32. The molecule has 1 N–H and O–H groups in total. The molecule has 0 spiro atoms. The molecule has 2 aromatic rings. The number of piperidine rings is 1. The normalized spacial score (nSPS) is 15.1. The molecular weight excluding hydrogens is 372 g/mol. The van der Waals surface area contributed by atoms with E-state index in [9.17, 15) is 18.4 Å². The van der Waals surface area contributed by atoms with E-state index in [2.05, 4.69) is 9.84 Å². The molecule has 1 fully saturated rings. The van der Waals surface area contributed by atoms with E-state index in [4.69, 9.17) is 5.11 Å². The average Bonchev–Trinajstić information content (AvgIpc) is 3.14. The molecule has 2 heterocycles. The highest BCUT2D eigenvalue weighted by Crippen LogP contribution is 2.28. The molecule has 9 heteroatoms. The number of amides is 1. The van der Waals surface area contributed by atoms with E-state index < -0.39 is 12.6 Å². The predicted molar refractivity (Wildman–Crippen MR) is 95.9 cm³/mol. The number of alkyl halides is 2. The summed E-state index contributed by atoms with van der Waals surface area (Å²) in [6.45, 7) is 1.34. The number of hydrogen-bond donors (Lipinski definition) is 1. The van der Waals surface area contributed by atoms with Gasteiger partial charge in [-0.1, -0.05) is 0 Å². The van der Waals surface area contributed by atoms with E-state index in [1.807, 2.05) is 0 Å². The number of halogens is 2. The number of rotatable bonds is 5. The molecule has 0 unspecified atom stereocenters. The highest BCUT2D eigenvalue weighted by atomic mass is 19.3. The molecule has 1 saturated heterocycles. The first-order valence-corrected chi connectivity index (χ1v) is 8.89. The van der Waals surface area contributed by atoms with Gasteiger partial charge in [0.25, 0.3) is 5.91 Å². The molecule has 0 aliphatic carbocycles. The third-order valence-electron chi connectivity index (χ3n) is 4.89. The second-order valence-electron chi connectivity index (χ2n) is 6.86. The summed E-state index contributed by atoms with van der Waals surface area (Å²) in [7, 11) is 0. The summed E-state index contributed by atoms with van der Waals surface area (Å²) >= 11 is 0. The van der Waals surface area contributed by atoms with Crippen LogP contribution in [0, 0.1) is 13.8 Å². The summed E-state index contributed by atoms with van der Waals surface area (Å²) in [6.07, 6.45) is 4.11. The van der Waals surface area contributed by atoms with Crippen LogP contribution >= 0.6 is 0 Å². The fourth-order valence-corrected chi connectivity index (χ4v) is 3.51. The van der Waals surface area contributed by atoms with Gasteiger partial charge in [-0.15, -0.1) is 0 Å². The van der Waals surface area contributed by atoms with E-state index in [1.54, 1.807) is 35.6 Å². The highest BCUT2D eigenvalue weighted by molar-refractivity contribution is 5.95. The van der Waals surface area contributed by atoms with Crippen LogP contribution in [-0.2, 0) is 0 Å². The number of aromatic carboxylic acids is 1. The van der Waals surface area contributed by atoms with Gasteiger partial charge in [-0.25, -0.2) is 4.79 Å². The van der Waals surface area contributed by atoms with Crippen LogP contribution in [0.15, 0.2) is 24.5 Å². The molecule has 7 nitrogen and oxygen atoms in total. The largest absolute Gasteiger partial charge is 0.478 e. The lowest BCUT2D eigenvalue weighted by molar-refractivity contribution is -0.0507. The minimum Gasteiger partial charge on any atom is -0.478 e. The van der Waals surface area contributed by atoms with Gasteiger partial charge in [-0.2, -0.15) is 13.9 Å². The topological polar surface area (TPSA) is 84.7 Å². The van der Waals surface area contributed by atoms with Gasteiger partial charge in [0, 0.05) is 24.8 Å². The summed E-state index contributed by atoms with van der Waals surface area (Å²) in [5, 5.41) is 13.1. The molecule has 0 atom stereocenters. The quantitative estimate of drug-likeness (QED) is 0.843. The molecule has 1 aliphatic rings. The number of likely N-dealkylation sites (tertiary alicyclic amines) is 1. The summed E-state index contributed by atoms with van der Waals surface area (Å²) in [6, 6.07) is 3.15. The fraction of sp³-hybridized carbons (Fsp3) is 0.421. The zero-order valence-corrected chi connectivity index (χ0v) is 15.6. The van der Waals surface area contributed by atoms with Gasteiger partial charge in [-0.3, -0.25) is 9.48 Å². The van der Waals surface area contributed by atoms with Crippen molar-refractivity contribution in [3.8, 4) is 5.75 Å². The number of aromatic nitrogens is 2. The van der Waals surface area contributed by atoms with Gasteiger partial charge in [0.1, 0.15) is 5.75 Å². The number of carboxylic acids is 1. The Kier molecular flexibility index (Phi) is 5.62. The Hall–Kier alpha value is -2.97. The van der Waals surface area contributed by atoms with Crippen molar-refractivity contribution in [2.45, 2.75) is 39.3 Å². The van der Waals surface area contributed by atoms with Crippen molar-refractivity contribution in [1.82, 2.24) is 14.7 Å². The van der Waals surface area contributed by atoms with E-state index in [-0.39, 0.29) is 23.3 Å². The first-order chi connectivity index (χ1) is 13.3. The Morgan fingerprint density at radius 2 is 1.79 bits per heavy atom. The molecule has 1 aromatic heterocycles. The molecule has 1 aromatic carbocycles. The van der Waals surface area contributed by atoms with Crippen molar-refractivity contribution in [2.75, 3.05) is 13.1 Å². The molecule has 28 heavy (non-hydrogen) atoms. The molecule has 1 amide bonds. The molecule has 3 rings (SSSR count). The summed E-state index contributed by atoms with van der Waals surface area (Å²) in [5.41, 5.74) is 1.53. The van der Waals surface area contributed by atoms with Crippen LogP contribution in [0.2, 0.25) is 0 Å². The Morgan fingerprint density at radius 1 is 1.18 bits per heavy atom. The van der Waals surface area contributed by atoms with Crippen LogP contribution in [0.1, 0.15) is 50.7 Å². The standard InChI is InChI=1S/C19H21F2N3O4/c1-11-7-13(8-12(2)16(11)28-19(20)21)17(25)23-5-3-15(4-6-23)24-10-14(9-22-24)18(26)27/h7-10,15,19H,3-6H2,1-2H3,(H,26,27). The lowest BCUT2D eigenvalue weighted by atomic mass is 10.0. The van der Waals surface area contributed by atoms with Gasteiger partial charge in [0.05, 0.1) is 17.8 Å². The predicted octanol–water partition coefficient (Wildman–Crippen LogP) is 3.28. The molecular formula is C19H21F2N3O4. The number of ether oxygens (including phenoxy) is 1. The van der Waals surface area contributed by atoms with Gasteiger partial charge in [0.15, 0.2) is 0 Å². The van der Waals surface area contributed by atoms with Crippen LogP contribution in [0.5, 0.6) is 5.75 Å². The van der Waals surface area contributed by atoms with Crippen molar-refractivity contribution in [2.24, 2.45) is 0 Å². The van der Waals surface area contributed by atoms with Crippen molar-refractivity contribution in [3.63, 3.8) is 0 Å². The third-order valence-corrected chi connectivity index (χ3v) is 4.89. The van der Waals surface area contributed by atoms with Gasteiger partial charge in [-0.05, 0) is 49.9 Å². The molecule has 0 saturated carbocycles. The number of carboxylic acid groups (broad SMARTS) is 1. The number of benzene rings is 1. The monoisotopic (exact) mass is 393 g/mol. The van der Waals surface area contributed by atoms with Crippen molar-refractivity contribution >= 4 is 11.9 Å². The molecule has 0 radical (unpaired) electrons. The van der Waals surface area contributed by atoms with Crippen LogP contribution in [0.3, 0.4) is 0 Å². The summed E-state index contributed by atoms with van der Waals surface area (Å²) in [5.74, 6) is -1.10. The van der Waals surface area contributed by atoms with Crippen molar-refractivity contribution in [3.05, 3.63) is 46.8 Å². The van der Waals surface area contributed by atoms with Crippen LogP contribution < -0.4 is 4.74 Å². The van der Waals surface area contributed by atoms with Gasteiger partial charge >= 0.3 is 12.6 Å². The van der Waals surface area contributed by atoms with Crippen molar-refractivity contribution in [1.29, 1.82) is 0 Å². The highest BCUT2D eigenvalue weighted by Gasteiger charge is 2.26. The minimum atomic E-state index is -2.91. The summed E-state index contributed by atoms with van der Waals surface area (Å²) in [4.78, 5) is 25.5. The van der Waals surface area contributed by atoms with E-state index >= 15 is 0 Å². The SMILES string of the molecule is Cc1cc(C(=O)N2CCC(n3cc(C(=O)O)cn3)CC2)cc(C)c1OC(F)F. The Bertz CT molecular complexity index is 866. The number of carbonyl (C=O) groups excluding carboxylic acids is 1. The second-order valence-corrected chi connectivity index (χ2v) is 6.86. The van der Waals surface area contributed by atoms with E-state index in [1.165, 1.54) is 12.4 Å². The minimum absolute atomic E-state index is 0.0300. The maximum Gasteiger partial charge on any atom is 0.387 e. The van der Waals surface area contributed by atoms with Gasteiger partial charge in [0.2, 0.25) is 0 Å². The van der Waals surface area contributed by atoms with Crippen LogP contribution in [0.25, 0.3) is 0 Å². The maximum atomic E-state index is 12.8. The lowest BCUT2D eigenvalue weighted by Crippen LogP contribution is -2.39. The Morgan fingerprint density at radius 3 is 2.29 bits per heavy atom. The van der Waals surface area contributed by atoms with Crippen LogP contribution in [0.4, 0.5) is 8.78 Å². The number of hydrogen-bond acceptors (Lipinski definition) is 4. The van der Waals surface area contributed by atoms with Crippen molar-refractivity contribution < 1.29 is 28.2 Å². The average molecular weight is 393 g/mol. The number of carbonyl (C=O) groups is 2. The molecule has 150 valence electrons. The maximum absolute atomic E-state index is 12.8. The first kappa shape index (κ1) is 19.8. The smallest absolute Gasteiger partial charge is 0.387 e. The second kappa shape index (κ2) is 7.95. The zero-order valence-electron chi connectivity index (χ0n) is 15.6. The van der Waals surface area contributed by atoms with E-state index in [0.29, 0.717) is 42.6 Å². The third kappa shape index (κ3) is 4.13.